The van der Waals surface area contributed by atoms with Crippen LogP contribution in [0.15, 0.2) is 0 Å². The SMILES string of the molecule is O=P(O)(O)OP(=O)([O-])OP(=O)(O)O.O=P(O)(O)OP(=O)([O-])OP(=O)(O)O.O=P(O)(O)OP(=O)([O-])OP(=O)(O)O.O=P(O)(O)OP(=O)([O-])OP(=O)(O)O.O=P(O)(O)OP(=O)([O-])OP(=O)(O)O.O=P(O)(O)OP(=O)([O-])OP(=O)(O)O.[Ca+2].[Ca+2].[Ca+2]. The molecule has 0 saturated heterocycles. The van der Waals surface area contributed by atoms with Gasteiger partial charge in [0, 0.05) is 0 Å². The molecule has 81 heteroatoms. The Morgan fingerprint density at radius 2 is 0.185 bits per heavy atom. The molecule has 0 aromatic rings. The van der Waals surface area contributed by atoms with Gasteiger partial charge in [-0.25, -0.2) is 107 Å². The van der Waals surface area contributed by atoms with Gasteiger partial charge in [-0.2, -0.15) is 0 Å². The van der Waals surface area contributed by atoms with E-state index in [9.17, 15) is 112 Å². The summed E-state index contributed by atoms with van der Waals surface area (Å²) in [7, 11) is -99.3. The third-order valence-corrected chi connectivity index (χ3v) is 22.3. The van der Waals surface area contributed by atoms with Crippen molar-refractivity contribution < 1.29 is 281 Å². The van der Waals surface area contributed by atoms with Crippen molar-refractivity contribution >= 4 is 254 Å². The van der Waals surface area contributed by atoms with Crippen LogP contribution in [0.5, 0.6) is 0 Å². The molecule has 0 bridgehead atoms. The first kappa shape index (κ1) is 106. The molecule has 0 spiro atoms. The van der Waals surface area contributed by atoms with Crippen LogP contribution in [0.1, 0.15) is 0 Å². The molecular weight excluding hydrogens is 1640 g/mol. The van der Waals surface area contributed by atoms with Gasteiger partial charge in [-0.05, 0) is 0 Å². The largest absolute Gasteiger partial charge is 2.00 e. The summed E-state index contributed by atoms with van der Waals surface area (Å²) in [5, 5.41) is 0. The topological polar surface area (TPSA) is 1040 Å². The molecule has 0 aliphatic heterocycles. The van der Waals surface area contributed by atoms with E-state index in [0.29, 0.717) is 0 Å². The van der Waals surface area contributed by atoms with Crippen LogP contribution < -0.4 is 29.4 Å². The Labute approximate surface area is 529 Å². The first-order chi connectivity index (χ1) is 32.5. The monoisotopic (exact) mass is 1660 g/mol. The number of hydrogen-bond acceptors (Lipinski definition) is 36. The van der Waals surface area contributed by atoms with Gasteiger partial charge in [-0.1, -0.05) is 0 Å². The van der Waals surface area contributed by atoms with Crippen LogP contribution in [-0.4, -0.2) is 231 Å². The van der Waals surface area contributed by atoms with E-state index in [2.05, 4.69) is 51.7 Å². The summed E-state index contributed by atoms with van der Waals surface area (Å²) < 4.78 is 216. The molecule has 0 aromatic carbocycles. The Bertz CT molecular complexity index is 2150. The first-order valence-corrected chi connectivity index (χ1v) is 40.7. The number of phosphoric acid groups is 18. The van der Waals surface area contributed by atoms with Gasteiger partial charge in [-0.3, -0.25) is 27.4 Å². The Kier molecular flexibility index (Phi) is 51.4. The Hall–Kier alpha value is 6.24. The average molecular weight is 1660 g/mol. The predicted octanol–water partition coefficient (Wildman–Crippen LogP) is -9.10. The van der Waals surface area contributed by atoms with E-state index in [1.165, 1.54) is 0 Å². The van der Waals surface area contributed by atoms with Gasteiger partial charge in [0.2, 0.25) is 0 Å². The first-order valence-electron chi connectivity index (χ1n) is 13.6. The minimum absolute atomic E-state index is 0. The summed E-state index contributed by atoms with van der Waals surface area (Å²) in [4.78, 5) is 252. The number of rotatable bonds is 24. The molecule has 480 valence electrons. The third-order valence-electron chi connectivity index (χ3n) is 2.48. The van der Waals surface area contributed by atoms with Crippen molar-refractivity contribution in [3.05, 3.63) is 0 Å². The van der Waals surface area contributed by atoms with Crippen LogP contribution in [0.2, 0.25) is 0 Å². The number of hydrogen-bond donors (Lipinski definition) is 24. The molecule has 0 aromatic heterocycles. The van der Waals surface area contributed by atoms with E-state index in [1.807, 2.05) is 0 Å². The zero-order valence-corrected chi connectivity index (χ0v) is 58.3. The van der Waals surface area contributed by atoms with E-state index in [0.717, 1.165) is 0 Å². The fourth-order valence-corrected chi connectivity index (χ4v) is 16.5. The van der Waals surface area contributed by atoms with Crippen LogP contribution in [0.3, 0.4) is 0 Å². The third kappa shape index (κ3) is 100.0. The summed E-state index contributed by atoms with van der Waals surface area (Å²) in [6, 6.07) is 0. The van der Waals surface area contributed by atoms with Crippen LogP contribution >= 0.6 is 141 Å². The molecule has 0 aliphatic carbocycles. The van der Waals surface area contributed by atoms with Gasteiger partial charge in [0.15, 0.2) is 0 Å². The fourth-order valence-electron chi connectivity index (χ4n) is 1.65. The van der Waals surface area contributed by atoms with E-state index >= 15 is 0 Å². The van der Waals surface area contributed by atoms with E-state index in [-0.39, 0.29) is 113 Å². The molecule has 0 atom stereocenters. The molecule has 0 aliphatic rings. The van der Waals surface area contributed by atoms with Crippen molar-refractivity contribution in [2.24, 2.45) is 0 Å². The predicted molar refractivity (Wildman–Crippen MR) is 220 cm³/mol. The van der Waals surface area contributed by atoms with Crippen LogP contribution in [0.4, 0.5) is 0 Å². The standard InChI is InChI=1S/3Ca.6H5O10P3/c;;;6*1-11(2,3)9-13(7,8)10-12(4,5)6/h;;;6*(H,7,8)(H2,1,2,3)(H2,4,5,6)/q3*+2;;;;;;/p-6. The van der Waals surface area contributed by atoms with Gasteiger partial charge in [-0.15, -0.1) is 0 Å². The zero-order chi connectivity index (χ0) is 65.5. The molecule has 0 rings (SSSR count). The summed E-state index contributed by atoms with van der Waals surface area (Å²) in [6.07, 6.45) is 0. The van der Waals surface area contributed by atoms with Gasteiger partial charge < -0.3 is 147 Å². The summed E-state index contributed by atoms with van der Waals surface area (Å²) in [6.45, 7) is 0. The Morgan fingerprint density at radius 1 is 0.148 bits per heavy atom. The summed E-state index contributed by atoms with van der Waals surface area (Å²) in [5.41, 5.74) is 0. The molecule has 81 heavy (non-hydrogen) atoms. The van der Waals surface area contributed by atoms with E-state index in [1.54, 1.807) is 0 Å². The summed E-state index contributed by atoms with van der Waals surface area (Å²) >= 11 is 0. The van der Waals surface area contributed by atoms with Crippen LogP contribution in [-0.2, 0) is 134 Å². The second-order valence-corrected chi connectivity index (χ2v) is 34.5. The molecule has 0 radical (unpaired) electrons. The van der Waals surface area contributed by atoms with Crippen molar-refractivity contribution in [3.8, 4) is 0 Å². The molecule has 24 N–H and O–H groups in total. The molecule has 0 saturated carbocycles. The minimum atomic E-state index is -5.71. The quantitative estimate of drug-likeness (QED) is 0.0315. The normalized spacial score (nSPS) is 14.0. The van der Waals surface area contributed by atoms with E-state index in [4.69, 9.17) is 117 Å². The molecule has 0 amide bonds. The molecule has 0 heterocycles. The molecule has 0 fully saturated rings. The van der Waals surface area contributed by atoms with E-state index < -0.39 is 141 Å². The fraction of sp³-hybridized carbons (Fsp3) is 0. The zero-order valence-electron chi connectivity index (χ0n) is 35.6. The average Bonchev–Trinajstić information content (AvgIpc) is 2.81. The maximum absolute atomic E-state index is 10.3. The minimum Gasteiger partial charge on any atom is -0.756 e. The smallest absolute Gasteiger partial charge is 0.756 e. The van der Waals surface area contributed by atoms with Crippen molar-refractivity contribution in [2.75, 3.05) is 0 Å². The van der Waals surface area contributed by atoms with Crippen molar-refractivity contribution in [1.82, 2.24) is 0 Å². The van der Waals surface area contributed by atoms with Crippen molar-refractivity contribution in [2.45, 2.75) is 0 Å². The Balaban J connectivity index is -0.000000109. The second kappa shape index (κ2) is 39.3. The van der Waals surface area contributed by atoms with Crippen molar-refractivity contribution in [3.63, 3.8) is 0 Å². The molecular formula is H24Ca3O60P18. The van der Waals surface area contributed by atoms with Crippen LogP contribution in [0, 0.1) is 0 Å². The second-order valence-electron chi connectivity index (χ2n) is 9.55. The van der Waals surface area contributed by atoms with Gasteiger partial charge in [0.05, 0.1) is 0 Å². The molecule has 60 nitrogen and oxygen atoms in total. The van der Waals surface area contributed by atoms with Crippen molar-refractivity contribution in [1.29, 1.82) is 0 Å². The molecule has 0 unspecified atom stereocenters. The van der Waals surface area contributed by atoms with Crippen LogP contribution in [0.25, 0.3) is 0 Å². The Morgan fingerprint density at radius 3 is 0.210 bits per heavy atom. The van der Waals surface area contributed by atoms with Gasteiger partial charge >= 0.3 is 207 Å². The van der Waals surface area contributed by atoms with Gasteiger partial charge in [0.25, 0.3) is 46.9 Å². The maximum atomic E-state index is 10.3. The van der Waals surface area contributed by atoms with Gasteiger partial charge in [0.1, 0.15) is 0 Å². The maximum Gasteiger partial charge on any atom is 2.00 e. The summed E-state index contributed by atoms with van der Waals surface area (Å²) in [5.74, 6) is 0.